The summed E-state index contributed by atoms with van der Waals surface area (Å²) in [5, 5.41) is 3.09. The Kier molecular flexibility index (Phi) is 10.6. The molecule has 3 N–H and O–H groups in total. The van der Waals surface area contributed by atoms with Crippen LogP contribution in [0, 0.1) is 5.92 Å². The van der Waals surface area contributed by atoms with Gasteiger partial charge in [0.05, 0.1) is 12.7 Å². The van der Waals surface area contributed by atoms with Crippen LogP contribution in [0.4, 0.5) is 0 Å². The number of benzene rings is 1. The van der Waals surface area contributed by atoms with Crippen molar-refractivity contribution in [2.45, 2.75) is 26.7 Å². The maximum absolute atomic E-state index is 11.3. The van der Waals surface area contributed by atoms with Gasteiger partial charge in [0.2, 0.25) is 0 Å². The summed E-state index contributed by atoms with van der Waals surface area (Å²) >= 11 is 0. The highest BCUT2D eigenvalue weighted by atomic mass is 127. The monoisotopic (exact) mass is 419 g/mol. The van der Waals surface area contributed by atoms with Gasteiger partial charge in [0.25, 0.3) is 0 Å². The van der Waals surface area contributed by atoms with Gasteiger partial charge in [0.15, 0.2) is 5.96 Å². The molecule has 0 saturated heterocycles. The number of nitrogens with two attached hydrogens (primary N) is 1. The predicted molar refractivity (Wildman–Crippen MR) is 101 cm³/mol. The third-order valence-corrected chi connectivity index (χ3v) is 3.08. The summed E-state index contributed by atoms with van der Waals surface area (Å²) in [5.74, 6) is 0.804. The van der Waals surface area contributed by atoms with Crippen LogP contribution < -0.4 is 11.1 Å². The Hall–Kier alpha value is -1.31. The molecule has 22 heavy (non-hydrogen) atoms. The Morgan fingerprint density at radius 3 is 2.50 bits per heavy atom. The third-order valence-electron chi connectivity index (χ3n) is 3.08. The quantitative estimate of drug-likeness (QED) is 0.308. The topological polar surface area (TPSA) is 76.7 Å². The molecule has 0 atom stereocenters. The van der Waals surface area contributed by atoms with Gasteiger partial charge in [0.1, 0.15) is 0 Å². The van der Waals surface area contributed by atoms with Gasteiger partial charge >= 0.3 is 5.97 Å². The first kappa shape index (κ1) is 20.7. The smallest absolute Gasteiger partial charge is 0.337 e. The SMILES string of the molecule is COC(=O)c1ccc(CCNC(N)=NCCC(C)C)cc1.I. The lowest BCUT2D eigenvalue weighted by Crippen LogP contribution is -2.33. The van der Waals surface area contributed by atoms with Crippen LogP contribution in [-0.4, -0.2) is 32.1 Å². The molecule has 0 saturated carbocycles. The van der Waals surface area contributed by atoms with Gasteiger partial charge in [-0.1, -0.05) is 26.0 Å². The molecular formula is C16H26IN3O2. The van der Waals surface area contributed by atoms with E-state index >= 15 is 0 Å². The van der Waals surface area contributed by atoms with Crippen molar-refractivity contribution in [3.63, 3.8) is 0 Å². The molecule has 0 spiro atoms. The Bertz CT molecular complexity index is 473. The molecule has 0 amide bonds. The number of nitrogens with one attached hydrogen (secondary N) is 1. The van der Waals surface area contributed by atoms with Gasteiger partial charge in [-0.25, -0.2) is 4.79 Å². The Balaban J connectivity index is 0.00000441. The van der Waals surface area contributed by atoms with Gasteiger partial charge in [-0.2, -0.15) is 0 Å². The van der Waals surface area contributed by atoms with Crippen molar-refractivity contribution < 1.29 is 9.53 Å². The normalized spacial score (nSPS) is 11.0. The molecule has 0 aliphatic rings. The van der Waals surface area contributed by atoms with Gasteiger partial charge in [-0.3, -0.25) is 4.99 Å². The van der Waals surface area contributed by atoms with Crippen LogP contribution >= 0.6 is 24.0 Å². The second kappa shape index (κ2) is 11.3. The van der Waals surface area contributed by atoms with Gasteiger partial charge in [0, 0.05) is 13.1 Å². The average Bonchev–Trinajstić information content (AvgIpc) is 2.46. The minimum atomic E-state index is -0.318. The summed E-state index contributed by atoms with van der Waals surface area (Å²) in [6.45, 7) is 5.80. The lowest BCUT2D eigenvalue weighted by Gasteiger charge is -2.07. The van der Waals surface area contributed by atoms with Crippen molar-refractivity contribution in [2.75, 3.05) is 20.2 Å². The summed E-state index contributed by atoms with van der Waals surface area (Å²) < 4.78 is 4.66. The number of rotatable bonds is 7. The molecular weight excluding hydrogens is 393 g/mol. The van der Waals surface area contributed by atoms with Crippen LogP contribution in [0.1, 0.15) is 36.2 Å². The molecule has 0 bridgehead atoms. The number of carbonyl (C=O) groups excluding carboxylic acids is 1. The van der Waals surface area contributed by atoms with E-state index in [2.05, 4.69) is 28.9 Å². The lowest BCUT2D eigenvalue weighted by atomic mass is 10.1. The molecule has 0 heterocycles. The maximum atomic E-state index is 11.3. The molecule has 124 valence electrons. The van der Waals surface area contributed by atoms with Gasteiger partial charge in [-0.15, -0.1) is 24.0 Å². The number of carbonyl (C=O) groups is 1. The standard InChI is InChI=1S/C16H25N3O2.HI/c1-12(2)8-10-18-16(17)19-11-9-13-4-6-14(7-5-13)15(20)21-3;/h4-7,12H,8-11H2,1-3H3,(H3,17,18,19);1H. The number of ether oxygens (including phenoxy) is 1. The molecule has 1 aromatic rings. The van der Waals surface area contributed by atoms with Crippen molar-refractivity contribution >= 4 is 35.9 Å². The average molecular weight is 419 g/mol. The van der Waals surface area contributed by atoms with Crippen molar-refractivity contribution in [3.8, 4) is 0 Å². The van der Waals surface area contributed by atoms with E-state index in [1.807, 2.05) is 12.1 Å². The number of esters is 1. The maximum Gasteiger partial charge on any atom is 0.337 e. The fourth-order valence-corrected chi connectivity index (χ4v) is 1.76. The van der Waals surface area contributed by atoms with Crippen molar-refractivity contribution in [1.82, 2.24) is 5.32 Å². The first-order valence-corrected chi connectivity index (χ1v) is 7.24. The summed E-state index contributed by atoms with van der Waals surface area (Å²) in [6, 6.07) is 7.36. The van der Waals surface area contributed by atoms with E-state index in [1.165, 1.54) is 7.11 Å². The summed E-state index contributed by atoms with van der Waals surface area (Å²) in [5.41, 5.74) is 7.47. The minimum absolute atomic E-state index is 0. The van der Waals surface area contributed by atoms with E-state index < -0.39 is 0 Å². The zero-order valence-electron chi connectivity index (χ0n) is 13.5. The number of methoxy groups -OCH3 is 1. The highest BCUT2D eigenvalue weighted by Gasteiger charge is 2.04. The Labute approximate surface area is 149 Å². The largest absolute Gasteiger partial charge is 0.465 e. The minimum Gasteiger partial charge on any atom is -0.465 e. The van der Waals surface area contributed by atoms with Crippen molar-refractivity contribution in [1.29, 1.82) is 0 Å². The van der Waals surface area contributed by atoms with Gasteiger partial charge < -0.3 is 15.8 Å². The molecule has 1 rings (SSSR count). The van der Waals surface area contributed by atoms with E-state index in [0.717, 1.165) is 24.9 Å². The molecule has 1 aromatic carbocycles. The molecule has 0 radical (unpaired) electrons. The summed E-state index contributed by atoms with van der Waals surface area (Å²) in [6.07, 6.45) is 1.86. The van der Waals surface area contributed by atoms with Crippen LogP contribution in [0.15, 0.2) is 29.3 Å². The zero-order chi connectivity index (χ0) is 15.7. The molecule has 0 aliphatic carbocycles. The number of hydrogen-bond donors (Lipinski definition) is 2. The predicted octanol–water partition coefficient (Wildman–Crippen LogP) is 2.58. The second-order valence-electron chi connectivity index (χ2n) is 5.31. The number of halogens is 1. The number of hydrogen-bond acceptors (Lipinski definition) is 3. The first-order chi connectivity index (χ1) is 10.0. The lowest BCUT2D eigenvalue weighted by molar-refractivity contribution is 0.0600. The molecule has 0 fully saturated rings. The fourth-order valence-electron chi connectivity index (χ4n) is 1.76. The molecule has 6 heteroatoms. The fraction of sp³-hybridized carbons (Fsp3) is 0.500. The van der Waals surface area contributed by atoms with Crippen LogP contribution in [-0.2, 0) is 11.2 Å². The van der Waals surface area contributed by atoms with Gasteiger partial charge in [-0.05, 0) is 36.5 Å². The number of nitrogens with zero attached hydrogens (tertiary/aromatic N) is 1. The highest BCUT2D eigenvalue weighted by Crippen LogP contribution is 2.06. The van der Waals surface area contributed by atoms with Crippen LogP contribution in [0.2, 0.25) is 0 Å². The highest BCUT2D eigenvalue weighted by molar-refractivity contribution is 14.0. The summed E-state index contributed by atoms with van der Waals surface area (Å²) in [7, 11) is 1.38. The van der Waals surface area contributed by atoms with E-state index in [9.17, 15) is 4.79 Å². The number of guanidine groups is 1. The molecule has 0 aliphatic heterocycles. The Morgan fingerprint density at radius 1 is 1.32 bits per heavy atom. The van der Waals surface area contributed by atoms with E-state index in [-0.39, 0.29) is 29.9 Å². The second-order valence-corrected chi connectivity index (χ2v) is 5.31. The van der Waals surface area contributed by atoms with E-state index in [4.69, 9.17) is 5.73 Å². The van der Waals surface area contributed by atoms with Crippen molar-refractivity contribution in [2.24, 2.45) is 16.6 Å². The van der Waals surface area contributed by atoms with Crippen LogP contribution in [0.3, 0.4) is 0 Å². The molecule has 0 aromatic heterocycles. The van der Waals surface area contributed by atoms with E-state index in [0.29, 0.717) is 24.0 Å². The third kappa shape index (κ3) is 8.21. The van der Waals surface area contributed by atoms with Crippen LogP contribution in [0.25, 0.3) is 0 Å². The summed E-state index contributed by atoms with van der Waals surface area (Å²) in [4.78, 5) is 15.6. The number of aliphatic imine (C=N–C) groups is 1. The first-order valence-electron chi connectivity index (χ1n) is 7.24. The zero-order valence-corrected chi connectivity index (χ0v) is 15.8. The van der Waals surface area contributed by atoms with Crippen LogP contribution in [0.5, 0.6) is 0 Å². The van der Waals surface area contributed by atoms with Crippen molar-refractivity contribution in [3.05, 3.63) is 35.4 Å². The Morgan fingerprint density at radius 2 is 1.95 bits per heavy atom. The molecule has 5 nitrogen and oxygen atoms in total. The van der Waals surface area contributed by atoms with E-state index in [1.54, 1.807) is 12.1 Å². The molecule has 0 unspecified atom stereocenters.